The quantitative estimate of drug-likeness (QED) is 0.733. The van der Waals surface area contributed by atoms with E-state index >= 15 is 0 Å². The predicted octanol–water partition coefficient (Wildman–Crippen LogP) is 3.51. The van der Waals surface area contributed by atoms with Crippen molar-refractivity contribution >= 4 is 11.6 Å². The molecule has 0 aliphatic heterocycles. The van der Waals surface area contributed by atoms with E-state index in [9.17, 15) is 4.79 Å². The normalized spacial score (nSPS) is 11.5. The van der Waals surface area contributed by atoms with Gasteiger partial charge in [-0.2, -0.15) is 10.1 Å². The van der Waals surface area contributed by atoms with Gasteiger partial charge in [-0.1, -0.05) is 25.9 Å². The summed E-state index contributed by atoms with van der Waals surface area (Å²) in [5, 5.41) is 11.1. The molecule has 136 valence electrons. The zero-order valence-corrected chi connectivity index (χ0v) is 15.3. The number of aryl methyl sites for hydroxylation is 1. The largest absolute Gasteiger partial charge is 0.339 e. The number of aromatic nitrogens is 4. The molecule has 7 nitrogen and oxygen atoms in total. The Hall–Kier alpha value is -2.96. The highest BCUT2D eigenvalue weighted by Gasteiger charge is 2.20. The van der Waals surface area contributed by atoms with Crippen molar-refractivity contribution in [3.63, 3.8) is 0 Å². The van der Waals surface area contributed by atoms with Crippen LogP contribution in [-0.4, -0.2) is 25.8 Å². The van der Waals surface area contributed by atoms with Crippen LogP contribution in [0.3, 0.4) is 0 Å². The number of carbonyl (C=O) groups is 1. The molecule has 2 heterocycles. The number of hydrogen-bond acceptors (Lipinski definition) is 5. The van der Waals surface area contributed by atoms with Crippen LogP contribution in [0.1, 0.15) is 45.3 Å². The third-order valence-electron chi connectivity index (χ3n) is 3.85. The van der Waals surface area contributed by atoms with Crippen LogP contribution >= 0.6 is 0 Å². The van der Waals surface area contributed by atoms with E-state index in [1.54, 1.807) is 10.9 Å². The molecule has 1 amide bonds. The molecule has 0 radical (unpaired) electrons. The molecule has 0 aliphatic rings. The minimum absolute atomic E-state index is 0.0348. The molecule has 0 atom stereocenters. The molecule has 3 aromatic rings. The van der Waals surface area contributed by atoms with Gasteiger partial charge in [0.15, 0.2) is 5.82 Å². The zero-order chi connectivity index (χ0) is 18.6. The smallest absolute Gasteiger partial charge is 0.226 e. The Labute approximate surface area is 152 Å². The summed E-state index contributed by atoms with van der Waals surface area (Å²) in [6.07, 6.45) is 5.24. The lowest BCUT2D eigenvalue weighted by atomic mass is 9.96. The topological polar surface area (TPSA) is 85.8 Å². The van der Waals surface area contributed by atoms with Crippen molar-refractivity contribution in [3.05, 3.63) is 54.4 Å². The molecule has 3 rings (SSSR count). The summed E-state index contributed by atoms with van der Waals surface area (Å²) in [6.45, 7) is 6.10. The summed E-state index contributed by atoms with van der Waals surface area (Å²) in [4.78, 5) is 16.5. The molecule has 0 saturated heterocycles. The fourth-order valence-corrected chi connectivity index (χ4v) is 2.40. The Morgan fingerprint density at radius 1 is 1.23 bits per heavy atom. The molecule has 0 bridgehead atoms. The summed E-state index contributed by atoms with van der Waals surface area (Å²) in [6, 6.07) is 9.42. The van der Waals surface area contributed by atoms with Gasteiger partial charge in [0.1, 0.15) is 0 Å². The van der Waals surface area contributed by atoms with Gasteiger partial charge in [0, 0.05) is 36.3 Å². The summed E-state index contributed by atoms with van der Waals surface area (Å²) in [5.74, 6) is 1.23. The van der Waals surface area contributed by atoms with Crippen molar-refractivity contribution < 1.29 is 9.32 Å². The minimum Gasteiger partial charge on any atom is -0.339 e. The van der Waals surface area contributed by atoms with E-state index in [4.69, 9.17) is 4.52 Å². The van der Waals surface area contributed by atoms with Crippen molar-refractivity contribution in [2.24, 2.45) is 0 Å². The van der Waals surface area contributed by atoms with Gasteiger partial charge in [0.05, 0.1) is 5.69 Å². The zero-order valence-electron chi connectivity index (χ0n) is 15.3. The predicted molar refractivity (Wildman–Crippen MR) is 98.1 cm³/mol. The van der Waals surface area contributed by atoms with Gasteiger partial charge >= 0.3 is 0 Å². The first-order valence-electron chi connectivity index (χ1n) is 8.65. The van der Waals surface area contributed by atoms with E-state index in [1.165, 1.54) is 0 Å². The fraction of sp³-hybridized carbons (Fsp3) is 0.368. The molecule has 0 unspecified atom stereocenters. The number of nitrogens with one attached hydrogen (secondary N) is 1. The SMILES string of the molecule is CC(C)(C)c1noc(CCCC(=O)Nc2ccc(-n3cccn3)cc2)n1. The maximum absolute atomic E-state index is 12.1. The van der Waals surface area contributed by atoms with Crippen molar-refractivity contribution in [3.8, 4) is 5.69 Å². The van der Waals surface area contributed by atoms with Gasteiger partial charge < -0.3 is 9.84 Å². The van der Waals surface area contributed by atoms with Crippen LogP contribution in [-0.2, 0) is 16.6 Å². The second kappa shape index (κ2) is 7.51. The third-order valence-corrected chi connectivity index (χ3v) is 3.85. The van der Waals surface area contributed by atoms with E-state index in [2.05, 4.69) is 20.6 Å². The Bertz CT molecular complexity index is 845. The Morgan fingerprint density at radius 3 is 2.62 bits per heavy atom. The average Bonchev–Trinajstić information content (AvgIpc) is 3.27. The molecule has 1 N–H and O–H groups in total. The van der Waals surface area contributed by atoms with Crippen molar-refractivity contribution in [2.75, 3.05) is 5.32 Å². The lowest BCUT2D eigenvalue weighted by molar-refractivity contribution is -0.116. The summed E-state index contributed by atoms with van der Waals surface area (Å²) >= 11 is 0. The average molecular weight is 353 g/mol. The molecule has 1 aromatic carbocycles. The molecule has 0 spiro atoms. The van der Waals surface area contributed by atoms with E-state index in [1.807, 2.05) is 57.3 Å². The summed E-state index contributed by atoms with van der Waals surface area (Å²) in [5.41, 5.74) is 1.57. The van der Waals surface area contributed by atoms with Crippen molar-refractivity contribution in [1.29, 1.82) is 0 Å². The number of anilines is 1. The Balaban J connectivity index is 1.46. The maximum atomic E-state index is 12.1. The van der Waals surface area contributed by atoms with E-state index in [-0.39, 0.29) is 11.3 Å². The standard InChI is InChI=1S/C19H23N5O2/c1-19(2,3)18-22-17(26-23-18)7-4-6-16(25)21-14-8-10-15(11-9-14)24-13-5-12-20-24/h5,8-13H,4,6-7H2,1-3H3,(H,21,25). The Morgan fingerprint density at radius 2 is 2.00 bits per heavy atom. The van der Waals surface area contributed by atoms with Crippen LogP contribution in [0.5, 0.6) is 0 Å². The van der Waals surface area contributed by atoms with Crippen molar-refractivity contribution in [2.45, 2.75) is 45.4 Å². The molecule has 2 aromatic heterocycles. The minimum atomic E-state index is -0.137. The number of amides is 1. The number of nitrogens with zero attached hydrogens (tertiary/aromatic N) is 4. The van der Waals surface area contributed by atoms with Crippen LogP contribution in [0.4, 0.5) is 5.69 Å². The van der Waals surface area contributed by atoms with Crippen LogP contribution in [0.2, 0.25) is 0 Å². The van der Waals surface area contributed by atoms with Crippen LogP contribution in [0.25, 0.3) is 5.69 Å². The highest BCUT2D eigenvalue weighted by molar-refractivity contribution is 5.90. The first-order chi connectivity index (χ1) is 12.4. The maximum Gasteiger partial charge on any atom is 0.226 e. The van der Waals surface area contributed by atoms with Gasteiger partial charge in [-0.25, -0.2) is 4.68 Å². The molecular formula is C19H23N5O2. The van der Waals surface area contributed by atoms with Gasteiger partial charge in [-0.15, -0.1) is 0 Å². The Kier molecular flexibility index (Phi) is 5.16. The van der Waals surface area contributed by atoms with Crippen LogP contribution < -0.4 is 5.32 Å². The van der Waals surface area contributed by atoms with Crippen molar-refractivity contribution in [1.82, 2.24) is 19.9 Å². The number of benzene rings is 1. The summed E-state index contributed by atoms with van der Waals surface area (Å²) < 4.78 is 7.00. The fourth-order valence-electron chi connectivity index (χ4n) is 2.40. The second-order valence-electron chi connectivity index (χ2n) is 7.16. The van der Waals surface area contributed by atoms with Gasteiger partial charge in [-0.05, 0) is 36.8 Å². The number of rotatable bonds is 6. The van der Waals surface area contributed by atoms with E-state index < -0.39 is 0 Å². The van der Waals surface area contributed by atoms with Gasteiger partial charge in [-0.3, -0.25) is 4.79 Å². The summed E-state index contributed by atoms with van der Waals surface area (Å²) in [7, 11) is 0. The molecule has 7 heteroatoms. The lowest BCUT2D eigenvalue weighted by Gasteiger charge is -2.10. The first-order valence-corrected chi connectivity index (χ1v) is 8.65. The molecular weight excluding hydrogens is 330 g/mol. The third kappa shape index (κ3) is 4.56. The molecule has 0 saturated carbocycles. The van der Waals surface area contributed by atoms with E-state index in [0.29, 0.717) is 31.0 Å². The molecule has 0 fully saturated rings. The first kappa shape index (κ1) is 17.8. The van der Waals surface area contributed by atoms with E-state index in [0.717, 1.165) is 11.4 Å². The molecule has 26 heavy (non-hydrogen) atoms. The second-order valence-corrected chi connectivity index (χ2v) is 7.16. The number of hydrogen-bond donors (Lipinski definition) is 1. The van der Waals surface area contributed by atoms with Gasteiger partial charge in [0.2, 0.25) is 11.8 Å². The highest BCUT2D eigenvalue weighted by Crippen LogP contribution is 2.19. The highest BCUT2D eigenvalue weighted by atomic mass is 16.5. The van der Waals surface area contributed by atoms with Crippen LogP contribution in [0, 0.1) is 0 Å². The van der Waals surface area contributed by atoms with Gasteiger partial charge in [0.25, 0.3) is 0 Å². The molecule has 0 aliphatic carbocycles. The monoisotopic (exact) mass is 353 g/mol. The lowest BCUT2D eigenvalue weighted by Crippen LogP contribution is -2.13. The number of carbonyl (C=O) groups excluding carboxylic acids is 1. The van der Waals surface area contributed by atoms with Crippen LogP contribution in [0.15, 0.2) is 47.2 Å².